The summed E-state index contributed by atoms with van der Waals surface area (Å²) in [6.45, 7) is 3.80. The van der Waals surface area contributed by atoms with Crippen LogP contribution in [0.1, 0.15) is 50.3 Å². The molecule has 7 rings (SSSR count). The number of nitrogens with zero attached hydrogens (tertiary/aromatic N) is 6. The molecule has 0 aliphatic heterocycles. The Balaban J connectivity index is 1.33. The second-order valence-electron chi connectivity index (χ2n) is 10.2. The van der Waals surface area contributed by atoms with Crippen LogP contribution in [0.15, 0.2) is 49.2 Å². The molecule has 2 unspecified atom stereocenters. The molecule has 0 saturated heterocycles. The number of nitriles is 1. The number of pyridine rings is 2. The van der Waals surface area contributed by atoms with Gasteiger partial charge in [-0.2, -0.15) is 15.5 Å². The molecule has 0 aromatic carbocycles. The number of amides is 1. The van der Waals surface area contributed by atoms with Crippen LogP contribution in [0.5, 0.6) is 0 Å². The highest BCUT2D eigenvalue weighted by atomic mass is 16.1. The standard InChI is InChI=1S/C27H27N7O/c1-16(35)32-27(2)22-6-18(7-23(27)9-22)25-5-4-17(11-29-25)24-8-19(21-13-30-33(3)14-21)15-34-26(24)20(10-28)12-31-34/h4-5,8,11-15,18,22-23H,6-7,9H2,1-3H3,(H,32,35). The van der Waals surface area contributed by atoms with Crippen LogP contribution in [0.2, 0.25) is 0 Å². The molecule has 3 saturated carbocycles. The third kappa shape index (κ3) is 3.42. The van der Waals surface area contributed by atoms with Gasteiger partial charge in [-0.3, -0.25) is 14.5 Å². The highest BCUT2D eigenvalue weighted by molar-refractivity contribution is 5.87. The minimum absolute atomic E-state index is 0.0552. The number of fused-ring (bicyclic) bond motifs is 3. The van der Waals surface area contributed by atoms with Gasteiger partial charge in [-0.25, -0.2) is 4.52 Å². The van der Waals surface area contributed by atoms with Crippen LogP contribution in [-0.4, -0.2) is 35.8 Å². The van der Waals surface area contributed by atoms with Crippen LogP contribution in [0.25, 0.3) is 27.8 Å². The van der Waals surface area contributed by atoms with Crippen LogP contribution in [0.4, 0.5) is 0 Å². The van der Waals surface area contributed by atoms with Gasteiger partial charge in [-0.1, -0.05) is 6.07 Å². The average molecular weight is 466 g/mol. The van der Waals surface area contributed by atoms with Crippen molar-refractivity contribution in [3.8, 4) is 28.3 Å². The second-order valence-corrected chi connectivity index (χ2v) is 10.2. The Bertz CT molecular complexity index is 1480. The quantitative estimate of drug-likeness (QED) is 0.489. The minimum Gasteiger partial charge on any atom is -0.351 e. The predicted molar refractivity (Wildman–Crippen MR) is 131 cm³/mol. The fourth-order valence-corrected chi connectivity index (χ4v) is 6.25. The molecule has 8 nitrogen and oxygen atoms in total. The molecule has 8 heteroatoms. The molecular weight excluding hydrogens is 438 g/mol. The summed E-state index contributed by atoms with van der Waals surface area (Å²) in [6, 6.07) is 8.58. The van der Waals surface area contributed by atoms with Crippen LogP contribution < -0.4 is 5.32 Å². The minimum atomic E-state index is -0.0731. The van der Waals surface area contributed by atoms with Crippen molar-refractivity contribution in [2.24, 2.45) is 18.9 Å². The topological polar surface area (TPSA) is 101 Å². The zero-order valence-electron chi connectivity index (χ0n) is 20.1. The smallest absolute Gasteiger partial charge is 0.217 e. The fraction of sp³-hybridized carbons (Fsp3) is 0.370. The SMILES string of the molecule is CC(=O)NC1(C)C2CC(c3ccc(-c4cc(-c5cnn(C)c5)cn5ncc(C#N)c45)cn3)CC1C2. The van der Waals surface area contributed by atoms with Crippen LogP contribution in [0, 0.1) is 23.2 Å². The lowest BCUT2D eigenvalue weighted by molar-refractivity contribution is -0.128. The molecule has 35 heavy (non-hydrogen) atoms. The molecule has 4 aromatic heterocycles. The molecule has 3 fully saturated rings. The van der Waals surface area contributed by atoms with E-state index in [0.717, 1.165) is 46.3 Å². The molecule has 4 heterocycles. The van der Waals surface area contributed by atoms with Crippen molar-refractivity contribution in [2.45, 2.75) is 44.6 Å². The van der Waals surface area contributed by atoms with E-state index in [1.165, 1.54) is 6.42 Å². The molecule has 1 amide bonds. The largest absolute Gasteiger partial charge is 0.351 e. The van der Waals surface area contributed by atoms with Gasteiger partial charge in [0.15, 0.2) is 0 Å². The normalized spacial score (nSPS) is 25.1. The maximum Gasteiger partial charge on any atom is 0.217 e. The summed E-state index contributed by atoms with van der Waals surface area (Å²) in [5.74, 6) is 1.45. The van der Waals surface area contributed by atoms with Crippen molar-refractivity contribution in [3.05, 3.63) is 60.4 Å². The van der Waals surface area contributed by atoms with Gasteiger partial charge in [-0.05, 0) is 50.2 Å². The van der Waals surface area contributed by atoms with E-state index in [1.54, 1.807) is 22.3 Å². The summed E-state index contributed by atoms with van der Waals surface area (Å²) in [5.41, 5.74) is 6.17. The van der Waals surface area contributed by atoms with Gasteiger partial charge in [-0.15, -0.1) is 0 Å². The number of carbonyl (C=O) groups excluding carboxylic acids is 1. The molecule has 2 bridgehead atoms. The number of aryl methyl sites for hydroxylation is 1. The van der Waals surface area contributed by atoms with E-state index in [4.69, 9.17) is 4.98 Å². The first kappa shape index (κ1) is 21.5. The number of hydrogen-bond donors (Lipinski definition) is 1. The number of aromatic nitrogens is 5. The van der Waals surface area contributed by atoms with E-state index >= 15 is 0 Å². The number of carbonyl (C=O) groups is 1. The average Bonchev–Trinajstić information content (AvgIpc) is 3.49. The Labute approximate surface area is 203 Å². The Hall–Kier alpha value is -3.99. The summed E-state index contributed by atoms with van der Waals surface area (Å²) in [5, 5.41) is 21.6. The summed E-state index contributed by atoms with van der Waals surface area (Å²) >= 11 is 0. The molecule has 176 valence electrons. The first-order valence-corrected chi connectivity index (χ1v) is 12.0. The molecular formula is C27H27N7O. The van der Waals surface area contributed by atoms with Gasteiger partial charge >= 0.3 is 0 Å². The molecule has 3 aliphatic carbocycles. The van der Waals surface area contributed by atoms with Gasteiger partial charge < -0.3 is 5.32 Å². The van der Waals surface area contributed by atoms with Crippen molar-refractivity contribution >= 4 is 11.4 Å². The van der Waals surface area contributed by atoms with E-state index in [-0.39, 0.29) is 11.4 Å². The van der Waals surface area contributed by atoms with Gasteiger partial charge in [0.1, 0.15) is 6.07 Å². The highest BCUT2D eigenvalue weighted by Gasteiger charge is 2.56. The van der Waals surface area contributed by atoms with Crippen molar-refractivity contribution in [1.29, 1.82) is 5.26 Å². The van der Waals surface area contributed by atoms with Crippen LogP contribution in [-0.2, 0) is 11.8 Å². The lowest BCUT2D eigenvalue weighted by atomic mass is 9.50. The van der Waals surface area contributed by atoms with Gasteiger partial charge in [0.05, 0.1) is 23.5 Å². The first-order valence-electron chi connectivity index (χ1n) is 12.0. The Morgan fingerprint density at radius 3 is 2.51 bits per heavy atom. The van der Waals surface area contributed by atoms with Crippen molar-refractivity contribution < 1.29 is 4.79 Å². The van der Waals surface area contributed by atoms with Gasteiger partial charge in [0.2, 0.25) is 5.91 Å². The van der Waals surface area contributed by atoms with E-state index in [1.807, 2.05) is 31.8 Å². The summed E-state index contributed by atoms with van der Waals surface area (Å²) < 4.78 is 3.53. The van der Waals surface area contributed by atoms with Gasteiger partial charge in [0, 0.05) is 72.0 Å². The third-order valence-electron chi connectivity index (χ3n) is 8.13. The van der Waals surface area contributed by atoms with E-state index in [2.05, 4.69) is 46.7 Å². The molecule has 0 radical (unpaired) electrons. The lowest BCUT2D eigenvalue weighted by Gasteiger charge is -2.60. The Kier molecular flexibility index (Phi) is 4.78. The number of rotatable bonds is 4. The molecule has 4 aromatic rings. The summed E-state index contributed by atoms with van der Waals surface area (Å²) in [6.07, 6.45) is 12.5. The maximum atomic E-state index is 11.7. The van der Waals surface area contributed by atoms with Crippen molar-refractivity contribution in [2.75, 3.05) is 0 Å². The second kappa shape index (κ2) is 7.77. The highest BCUT2D eigenvalue weighted by Crippen LogP contribution is 2.57. The predicted octanol–water partition coefficient (Wildman–Crippen LogP) is 4.08. The Morgan fingerprint density at radius 1 is 1.09 bits per heavy atom. The third-order valence-corrected chi connectivity index (χ3v) is 8.13. The van der Waals surface area contributed by atoms with E-state index in [9.17, 15) is 10.1 Å². The number of hydrogen-bond acceptors (Lipinski definition) is 5. The van der Waals surface area contributed by atoms with Crippen molar-refractivity contribution in [1.82, 2.24) is 29.7 Å². The molecule has 2 atom stereocenters. The summed E-state index contributed by atoms with van der Waals surface area (Å²) in [7, 11) is 1.89. The number of nitrogens with one attached hydrogen (secondary N) is 1. The van der Waals surface area contributed by atoms with E-state index < -0.39 is 0 Å². The summed E-state index contributed by atoms with van der Waals surface area (Å²) in [4.78, 5) is 16.6. The maximum absolute atomic E-state index is 11.7. The zero-order chi connectivity index (χ0) is 24.3. The fourth-order valence-electron chi connectivity index (χ4n) is 6.25. The van der Waals surface area contributed by atoms with Crippen LogP contribution >= 0.6 is 0 Å². The molecule has 1 N–H and O–H groups in total. The lowest BCUT2D eigenvalue weighted by Crippen LogP contribution is -2.66. The monoisotopic (exact) mass is 465 g/mol. The van der Waals surface area contributed by atoms with E-state index in [0.29, 0.717) is 23.3 Å². The zero-order valence-corrected chi connectivity index (χ0v) is 20.1. The van der Waals surface area contributed by atoms with Crippen molar-refractivity contribution in [3.63, 3.8) is 0 Å². The first-order chi connectivity index (χ1) is 16.9. The van der Waals surface area contributed by atoms with Gasteiger partial charge in [0.25, 0.3) is 0 Å². The molecule has 0 spiro atoms. The molecule has 3 aliphatic rings. The Morgan fingerprint density at radius 2 is 1.89 bits per heavy atom. The van der Waals surface area contributed by atoms with Crippen LogP contribution in [0.3, 0.4) is 0 Å².